The lowest BCUT2D eigenvalue weighted by Gasteiger charge is -2.16. The Labute approximate surface area is 167 Å². The number of rotatable bonds is 6. The second kappa shape index (κ2) is 8.56. The molecule has 1 aromatic heterocycles. The summed E-state index contributed by atoms with van der Waals surface area (Å²) in [6, 6.07) is 12.0. The van der Waals surface area contributed by atoms with E-state index in [1.807, 2.05) is 26.0 Å². The van der Waals surface area contributed by atoms with E-state index in [2.05, 4.69) is 10.3 Å². The highest BCUT2D eigenvalue weighted by atomic mass is 32.2. The summed E-state index contributed by atoms with van der Waals surface area (Å²) in [6.45, 7) is 5.76. The van der Waals surface area contributed by atoms with E-state index >= 15 is 0 Å². The van der Waals surface area contributed by atoms with Crippen molar-refractivity contribution in [2.75, 3.05) is 5.75 Å². The molecule has 5 nitrogen and oxygen atoms in total. The van der Waals surface area contributed by atoms with Crippen LogP contribution in [0.25, 0.3) is 10.9 Å². The van der Waals surface area contributed by atoms with E-state index in [-0.39, 0.29) is 35.6 Å². The fourth-order valence-corrected chi connectivity index (χ4v) is 3.77. The topological polar surface area (TPSA) is 64.0 Å². The quantitative estimate of drug-likeness (QED) is 0.505. The number of halogens is 1. The van der Waals surface area contributed by atoms with Crippen LogP contribution in [-0.2, 0) is 11.3 Å². The first-order valence-electron chi connectivity index (χ1n) is 9.02. The summed E-state index contributed by atoms with van der Waals surface area (Å²) in [6.07, 6.45) is 0. The molecule has 7 heteroatoms. The molecule has 2 aromatic carbocycles. The molecule has 0 saturated carbocycles. The summed E-state index contributed by atoms with van der Waals surface area (Å²) in [7, 11) is 0. The average Bonchev–Trinajstić information content (AvgIpc) is 2.67. The largest absolute Gasteiger partial charge is 0.351 e. The maximum Gasteiger partial charge on any atom is 0.262 e. The predicted molar refractivity (Wildman–Crippen MR) is 110 cm³/mol. The van der Waals surface area contributed by atoms with Crippen molar-refractivity contribution in [1.29, 1.82) is 0 Å². The summed E-state index contributed by atoms with van der Waals surface area (Å²) in [5.41, 5.74) is 1.77. The summed E-state index contributed by atoms with van der Waals surface area (Å²) < 4.78 is 15.2. The third-order valence-electron chi connectivity index (χ3n) is 4.35. The van der Waals surface area contributed by atoms with Crippen LogP contribution in [0.5, 0.6) is 0 Å². The van der Waals surface area contributed by atoms with E-state index in [1.54, 1.807) is 35.8 Å². The fraction of sp³-hybridized carbons (Fsp3) is 0.286. The first-order valence-corrected chi connectivity index (χ1v) is 10.0. The van der Waals surface area contributed by atoms with Crippen LogP contribution in [0.4, 0.5) is 4.39 Å². The van der Waals surface area contributed by atoms with E-state index in [4.69, 9.17) is 0 Å². The number of benzene rings is 2. The van der Waals surface area contributed by atoms with Crippen molar-refractivity contribution in [1.82, 2.24) is 14.9 Å². The van der Waals surface area contributed by atoms with E-state index < -0.39 is 0 Å². The highest BCUT2D eigenvalue weighted by Gasteiger charge is 2.15. The van der Waals surface area contributed by atoms with E-state index in [0.717, 1.165) is 0 Å². The normalized spacial score (nSPS) is 11.2. The Morgan fingerprint density at radius 1 is 1.25 bits per heavy atom. The minimum Gasteiger partial charge on any atom is -0.351 e. The number of thioether (sulfide) groups is 1. The molecule has 0 unspecified atom stereocenters. The first-order chi connectivity index (χ1) is 13.4. The molecule has 146 valence electrons. The highest BCUT2D eigenvalue weighted by molar-refractivity contribution is 7.99. The van der Waals surface area contributed by atoms with Gasteiger partial charge >= 0.3 is 0 Å². The number of carbonyl (C=O) groups excluding carboxylic acids is 1. The van der Waals surface area contributed by atoms with Crippen LogP contribution in [0.2, 0.25) is 0 Å². The van der Waals surface area contributed by atoms with Gasteiger partial charge in [-0.25, -0.2) is 9.37 Å². The van der Waals surface area contributed by atoms with Gasteiger partial charge < -0.3 is 5.32 Å². The zero-order valence-corrected chi connectivity index (χ0v) is 16.8. The number of nitrogens with zero attached hydrogens (tertiary/aromatic N) is 2. The molecule has 0 aliphatic heterocycles. The van der Waals surface area contributed by atoms with Crippen LogP contribution < -0.4 is 10.9 Å². The van der Waals surface area contributed by atoms with Gasteiger partial charge in [-0.1, -0.05) is 36.0 Å². The molecule has 3 aromatic rings. The van der Waals surface area contributed by atoms with Crippen LogP contribution >= 0.6 is 11.8 Å². The lowest BCUT2D eigenvalue weighted by Crippen LogP contribution is -2.27. The number of aryl methyl sites for hydroxylation is 1. The minimum absolute atomic E-state index is 0.0781. The molecule has 0 bridgehead atoms. The highest BCUT2D eigenvalue weighted by Crippen LogP contribution is 2.20. The fourth-order valence-electron chi connectivity index (χ4n) is 2.81. The summed E-state index contributed by atoms with van der Waals surface area (Å²) in [5, 5.41) is 3.85. The molecule has 3 rings (SSSR count). The molecule has 0 aliphatic carbocycles. The summed E-state index contributed by atoms with van der Waals surface area (Å²) in [5.74, 6) is -0.377. The third-order valence-corrected chi connectivity index (χ3v) is 5.30. The molecular weight excluding hydrogens is 377 g/mol. The number of nitrogens with one attached hydrogen (secondary N) is 1. The van der Waals surface area contributed by atoms with Crippen LogP contribution in [0.15, 0.2) is 52.4 Å². The van der Waals surface area contributed by atoms with E-state index in [9.17, 15) is 14.0 Å². The summed E-state index contributed by atoms with van der Waals surface area (Å²) in [4.78, 5) is 29.6. The average molecular weight is 399 g/mol. The van der Waals surface area contributed by atoms with Gasteiger partial charge in [0.25, 0.3) is 5.56 Å². The van der Waals surface area contributed by atoms with Gasteiger partial charge in [0.2, 0.25) is 5.91 Å². The van der Waals surface area contributed by atoms with Crippen LogP contribution in [-0.4, -0.2) is 21.2 Å². The maximum absolute atomic E-state index is 13.6. The zero-order chi connectivity index (χ0) is 20.3. The standard InChI is InChI=1S/C21H22FN3O2S/c1-13(2)25-20(27)16-6-4-5-7-18(16)24-21(25)28-12-19(26)23-11-15-9-8-14(3)17(22)10-15/h4-10,13H,11-12H2,1-3H3,(H,23,26). The van der Waals surface area contributed by atoms with Crippen LogP contribution in [0.3, 0.4) is 0 Å². The number of hydrogen-bond acceptors (Lipinski definition) is 4. The smallest absolute Gasteiger partial charge is 0.262 e. The Balaban J connectivity index is 1.72. The van der Waals surface area contributed by atoms with Crippen molar-refractivity contribution in [2.45, 2.75) is 38.5 Å². The first kappa shape index (κ1) is 20.1. The summed E-state index contributed by atoms with van der Waals surface area (Å²) >= 11 is 1.22. The predicted octanol–water partition coefficient (Wildman–Crippen LogP) is 3.83. The van der Waals surface area contributed by atoms with E-state index in [1.165, 1.54) is 17.8 Å². The Morgan fingerprint density at radius 2 is 2.00 bits per heavy atom. The molecule has 0 aliphatic rings. The number of hydrogen-bond donors (Lipinski definition) is 1. The molecule has 1 N–H and O–H groups in total. The molecule has 0 fully saturated rings. The molecule has 0 saturated heterocycles. The van der Waals surface area contributed by atoms with Gasteiger partial charge in [-0.05, 0) is 50.1 Å². The van der Waals surface area contributed by atoms with Gasteiger partial charge in [-0.15, -0.1) is 0 Å². The Kier molecular flexibility index (Phi) is 6.14. The molecule has 0 radical (unpaired) electrons. The van der Waals surface area contributed by atoms with Gasteiger partial charge in [0.15, 0.2) is 5.16 Å². The number of amides is 1. The van der Waals surface area contributed by atoms with Crippen molar-refractivity contribution in [3.05, 3.63) is 69.8 Å². The second-order valence-electron chi connectivity index (χ2n) is 6.83. The molecule has 0 spiro atoms. The monoisotopic (exact) mass is 399 g/mol. The number of aromatic nitrogens is 2. The van der Waals surface area contributed by atoms with Crippen molar-refractivity contribution < 1.29 is 9.18 Å². The molecule has 1 amide bonds. The Morgan fingerprint density at radius 3 is 2.71 bits per heavy atom. The van der Waals surface area contributed by atoms with Gasteiger partial charge in [-0.3, -0.25) is 14.2 Å². The molecule has 1 heterocycles. The van der Waals surface area contributed by atoms with Gasteiger partial charge in [0.1, 0.15) is 5.82 Å². The second-order valence-corrected chi connectivity index (χ2v) is 7.77. The van der Waals surface area contributed by atoms with E-state index in [0.29, 0.717) is 27.2 Å². The molecule has 28 heavy (non-hydrogen) atoms. The van der Waals surface area contributed by atoms with Crippen LogP contribution in [0, 0.1) is 12.7 Å². The molecule has 0 atom stereocenters. The number of para-hydroxylation sites is 1. The lowest BCUT2D eigenvalue weighted by molar-refractivity contribution is -0.118. The Hall–Kier alpha value is -2.67. The maximum atomic E-state index is 13.6. The molecular formula is C21H22FN3O2S. The van der Waals surface area contributed by atoms with Gasteiger partial charge in [0.05, 0.1) is 16.7 Å². The number of carbonyl (C=O) groups is 1. The van der Waals surface area contributed by atoms with Gasteiger partial charge in [0, 0.05) is 12.6 Å². The SMILES string of the molecule is Cc1ccc(CNC(=O)CSc2nc3ccccc3c(=O)n2C(C)C)cc1F. The number of fused-ring (bicyclic) bond motifs is 1. The van der Waals surface area contributed by atoms with Crippen molar-refractivity contribution in [3.8, 4) is 0 Å². The third kappa shape index (κ3) is 4.42. The Bertz CT molecular complexity index is 1080. The van der Waals surface area contributed by atoms with Crippen molar-refractivity contribution in [3.63, 3.8) is 0 Å². The zero-order valence-electron chi connectivity index (χ0n) is 16.0. The van der Waals surface area contributed by atoms with Gasteiger partial charge in [-0.2, -0.15) is 0 Å². The lowest BCUT2D eigenvalue weighted by atomic mass is 10.1. The van der Waals surface area contributed by atoms with Crippen molar-refractivity contribution >= 4 is 28.6 Å². The van der Waals surface area contributed by atoms with Crippen molar-refractivity contribution in [2.24, 2.45) is 0 Å². The van der Waals surface area contributed by atoms with Crippen LogP contribution in [0.1, 0.15) is 31.0 Å². The minimum atomic E-state index is -0.289.